The quantitative estimate of drug-likeness (QED) is 0.735. The molecule has 0 fully saturated rings. The molecule has 1 amide bonds. The van der Waals surface area contributed by atoms with Crippen LogP contribution in [0.15, 0.2) is 24.3 Å². The Morgan fingerprint density at radius 3 is 2.19 bits per heavy atom. The summed E-state index contributed by atoms with van der Waals surface area (Å²) in [5, 5.41) is 3.04. The lowest BCUT2D eigenvalue weighted by atomic mass is 9.78. The van der Waals surface area contributed by atoms with Gasteiger partial charge in [-0.15, -0.1) is 0 Å². The van der Waals surface area contributed by atoms with Gasteiger partial charge in [0.15, 0.2) is 0 Å². The minimum atomic E-state index is -0.421. The van der Waals surface area contributed by atoms with E-state index in [9.17, 15) is 4.79 Å². The van der Waals surface area contributed by atoms with Crippen LogP contribution in [0.3, 0.4) is 0 Å². The highest BCUT2D eigenvalue weighted by Gasteiger charge is 2.34. The summed E-state index contributed by atoms with van der Waals surface area (Å²) in [6, 6.07) is 7.72. The van der Waals surface area contributed by atoms with Crippen molar-refractivity contribution in [3.63, 3.8) is 0 Å². The van der Waals surface area contributed by atoms with Gasteiger partial charge in [-0.1, -0.05) is 38.8 Å². The molecule has 0 saturated heterocycles. The van der Waals surface area contributed by atoms with Gasteiger partial charge in [-0.3, -0.25) is 4.79 Å². The SMILES string of the molecule is CCCC(CN)(CCC)C(=O)NCc1ccc(OC)cc1. The van der Waals surface area contributed by atoms with Crippen molar-refractivity contribution >= 4 is 5.91 Å². The first-order valence-corrected chi connectivity index (χ1v) is 7.73. The van der Waals surface area contributed by atoms with Gasteiger partial charge in [0.2, 0.25) is 5.91 Å². The van der Waals surface area contributed by atoms with Crippen LogP contribution in [0, 0.1) is 5.41 Å². The second kappa shape index (κ2) is 8.67. The Hall–Kier alpha value is -1.55. The predicted molar refractivity (Wildman–Crippen MR) is 86.1 cm³/mol. The van der Waals surface area contributed by atoms with Gasteiger partial charge in [0.25, 0.3) is 0 Å². The van der Waals surface area contributed by atoms with E-state index in [1.165, 1.54) is 0 Å². The molecule has 118 valence electrons. The first kappa shape index (κ1) is 17.5. The van der Waals surface area contributed by atoms with Gasteiger partial charge >= 0.3 is 0 Å². The number of amides is 1. The molecule has 0 bridgehead atoms. The minimum Gasteiger partial charge on any atom is -0.497 e. The van der Waals surface area contributed by atoms with E-state index >= 15 is 0 Å². The predicted octanol–water partition coefficient (Wildman–Crippen LogP) is 2.86. The number of carbonyl (C=O) groups is 1. The molecule has 0 unspecified atom stereocenters. The summed E-state index contributed by atoms with van der Waals surface area (Å²) >= 11 is 0. The summed E-state index contributed by atoms with van der Waals surface area (Å²) < 4.78 is 5.13. The maximum Gasteiger partial charge on any atom is 0.227 e. The fraction of sp³-hybridized carbons (Fsp3) is 0.588. The van der Waals surface area contributed by atoms with Gasteiger partial charge in [0.05, 0.1) is 12.5 Å². The van der Waals surface area contributed by atoms with Crippen LogP contribution in [0.2, 0.25) is 0 Å². The van der Waals surface area contributed by atoms with Gasteiger partial charge in [0.1, 0.15) is 5.75 Å². The minimum absolute atomic E-state index is 0.0736. The van der Waals surface area contributed by atoms with Crippen LogP contribution in [0.4, 0.5) is 0 Å². The highest BCUT2D eigenvalue weighted by Crippen LogP contribution is 2.29. The Morgan fingerprint density at radius 1 is 1.19 bits per heavy atom. The fourth-order valence-corrected chi connectivity index (χ4v) is 2.72. The van der Waals surface area contributed by atoms with E-state index in [2.05, 4.69) is 19.2 Å². The number of nitrogens with two attached hydrogens (primary N) is 1. The molecule has 21 heavy (non-hydrogen) atoms. The molecule has 0 aliphatic rings. The summed E-state index contributed by atoms with van der Waals surface area (Å²) in [5.41, 5.74) is 6.55. The van der Waals surface area contributed by atoms with E-state index in [0.29, 0.717) is 13.1 Å². The molecule has 0 aromatic heterocycles. The number of hydrogen-bond acceptors (Lipinski definition) is 3. The van der Waals surface area contributed by atoms with E-state index in [4.69, 9.17) is 10.5 Å². The molecular formula is C17H28N2O2. The van der Waals surface area contributed by atoms with Crippen LogP contribution < -0.4 is 15.8 Å². The van der Waals surface area contributed by atoms with Crippen LogP contribution in [-0.2, 0) is 11.3 Å². The van der Waals surface area contributed by atoms with Crippen LogP contribution in [0.25, 0.3) is 0 Å². The van der Waals surface area contributed by atoms with Gasteiger partial charge in [-0.05, 0) is 30.5 Å². The maximum atomic E-state index is 12.6. The summed E-state index contributed by atoms with van der Waals surface area (Å²) in [6.07, 6.45) is 3.61. The number of rotatable bonds is 9. The average Bonchev–Trinajstić information content (AvgIpc) is 2.52. The normalized spacial score (nSPS) is 11.2. The monoisotopic (exact) mass is 292 g/mol. The van der Waals surface area contributed by atoms with E-state index in [1.807, 2.05) is 24.3 Å². The highest BCUT2D eigenvalue weighted by molar-refractivity contribution is 5.82. The molecule has 4 heteroatoms. The summed E-state index contributed by atoms with van der Waals surface area (Å²) in [5.74, 6) is 0.892. The van der Waals surface area contributed by atoms with Crippen molar-refractivity contribution < 1.29 is 9.53 Å². The largest absolute Gasteiger partial charge is 0.497 e. The number of nitrogens with one attached hydrogen (secondary N) is 1. The maximum absolute atomic E-state index is 12.6. The Morgan fingerprint density at radius 2 is 1.76 bits per heavy atom. The standard InChI is InChI=1S/C17H28N2O2/c1-4-10-17(13-18,11-5-2)16(20)19-12-14-6-8-15(21-3)9-7-14/h6-9H,4-5,10-13,18H2,1-3H3,(H,19,20). The first-order chi connectivity index (χ1) is 10.1. The molecule has 0 aliphatic heterocycles. The van der Waals surface area contributed by atoms with E-state index in [-0.39, 0.29) is 5.91 Å². The van der Waals surface area contributed by atoms with Crippen LogP contribution in [0.1, 0.15) is 45.1 Å². The number of ether oxygens (including phenoxy) is 1. The lowest BCUT2D eigenvalue weighted by Gasteiger charge is -2.30. The Bertz CT molecular complexity index is 423. The van der Waals surface area contributed by atoms with Gasteiger partial charge in [-0.25, -0.2) is 0 Å². The van der Waals surface area contributed by atoms with Crippen molar-refractivity contribution in [1.29, 1.82) is 0 Å². The number of benzene rings is 1. The lowest BCUT2D eigenvalue weighted by molar-refractivity contribution is -0.131. The molecule has 0 heterocycles. The zero-order chi connectivity index (χ0) is 15.7. The Balaban J connectivity index is 2.67. The second-order valence-corrected chi connectivity index (χ2v) is 5.52. The molecule has 4 nitrogen and oxygen atoms in total. The van der Waals surface area contributed by atoms with Crippen LogP contribution in [0.5, 0.6) is 5.75 Å². The summed E-state index contributed by atoms with van der Waals surface area (Å²) in [6.45, 7) is 5.12. The average molecular weight is 292 g/mol. The van der Waals surface area contributed by atoms with Crippen molar-refractivity contribution in [3.8, 4) is 5.75 Å². The van der Waals surface area contributed by atoms with E-state index < -0.39 is 5.41 Å². The molecule has 0 aliphatic carbocycles. The van der Waals surface area contributed by atoms with Gasteiger partial charge in [-0.2, -0.15) is 0 Å². The van der Waals surface area contributed by atoms with Crippen molar-refractivity contribution in [2.45, 2.75) is 46.1 Å². The number of methoxy groups -OCH3 is 1. The third kappa shape index (κ3) is 4.74. The summed E-state index contributed by atoms with van der Waals surface area (Å²) in [4.78, 5) is 12.6. The third-order valence-corrected chi connectivity index (χ3v) is 3.94. The smallest absolute Gasteiger partial charge is 0.227 e. The Kier molecular flexibility index (Phi) is 7.23. The first-order valence-electron chi connectivity index (χ1n) is 7.73. The molecule has 3 N–H and O–H groups in total. The molecule has 0 saturated carbocycles. The molecule has 1 aromatic carbocycles. The lowest BCUT2D eigenvalue weighted by Crippen LogP contribution is -2.45. The highest BCUT2D eigenvalue weighted by atomic mass is 16.5. The molecule has 0 radical (unpaired) electrons. The third-order valence-electron chi connectivity index (χ3n) is 3.94. The zero-order valence-electron chi connectivity index (χ0n) is 13.4. The topological polar surface area (TPSA) is 64.4 Å². The van der Waals surface area contributed by atoms with Gasteiger partial charge in [0, 0.05) is 13.1 Å². The van der Waals surface area contributed by atoms with Crippen molar-refractivity contribution in [3.05, 3.63) is 29.8 Å². The zero-order valence-corrected chi connectivity index (χ0v) is 13.4. The molecule has 1 rings (SSSR count). The van der Waals surface area contributed by atoms with Crippen LogP contribution in [-0.4, -0.2) is 19.6 Å². The Labute approximate surface area is 128 Å². The van der Waals surface area contributed by atoms with E-state index in [0.717, 1.165) is 37.0 Å². The molecule has 0 atom stereocenters. The van der Waals surface area contributed by atoms with Gasteiger partial charge < -0.3 is 15.8 Å². The molecule has 0 spiro atoms. The second-order valence-electron chi connectivity index (χ2n) is 5.52. The summed E-state index contributed by atoms with van der Waals surface area (Å²) in [7, 11) is 1.64. The molecule has 1 aromatic rings. The number of hydrogen-bond donors (Lipinski definition) is 2. The van der Waals surface area contributed by atoms with Crippen LogP contribution >= 0.6 is 0 Å². The fourth-order valence-electron chi connectivity index (χ4n) is 2.72. The van der Waals surface area contributed by atoms with Crippen molar-refractivity contribution in [2.24, 2.45) is 11.1 Å². The van der Waals surface area contributed by atoms with Crippen molar-refractivity contribution in [1.82, 2.24) is 5.32 Å². The van der Waals surface area contributed by atoms with E-state index in [1.54, 1.807) is 7.11 Å². The molecular weight excluding hydrogens is 264 g/mol. The van der Waals surface area contributed by atoms with Crippen molar-refractivity contribution in [2.75, 3.05) is 13.7 Å². The number of carbonyl (C=O) groups excluding carboxylic acids is 1.